The van der Waals surface area contributed by atoms with Crippen LogP contribution in [0.3, 0.4) is 0 Å². The first-order valence-corrected chi connectivity index (χ1v) is 15.3. The molecule has 234 valence electrons. The van der Waals surface area contributed by atoms with Crippen molar-refractivity contribution < 1.29 is 14.3 Å². The van der Waals surface area contributed by atoms with E-state index in [0.29, 0.717) is 53.7 Å². The number of hydrogen-bond acceptors (Lipinski definition) is 8. The van der Waals surface area contributed by atoms with Gasteiger partial charge in [0.15, 0.2) is 17.1 Å². The Morgan fingerprint density at radius 3 is 2.79 bits per heavy atom. The Bertz CT molecular complexity index is 2290. The van der Waals surface area contributed by atoms with Crippen molar-refractivity contribution >= 4 is 33.8 Å². The van der Waals surface area contributed by atoms with Gasteiger partial charge >= 0.3 is 0 Å². The van der Waals surface area contributed by atoms with Crippen LogP contribution in [0, 0.1) is 6.92 Å². The average molecular weight is 627 g/mol. The maximum Gasteiger partial charge on any atom is 0.275 e. The monoisotopic (exact) mass is 626 g/mol. The second kappa shape index (κ2) is 11.6. The fraction of sp³-hybridized carbons (Fsp3) is 0.171. The standard InChI is InChI=1S/C35H30N8O4/c1-20-6-11-28-25(12-20)22(15-36-28)13-31(44)37-14-21-7-9-23(10-8-21)43-18-27-32(41-42-34(27)45)26-17-39-35(40-33(26)43)38-16-24-19-46-29-4-2-3-5-30(29)47-24/h2-12,15,17-18,24,36H,13-14,16,19H2,1H3,(H,37,44)(H,42,45)(H,38,39,40). The molecule has 5 aromatic rings. The molecule has 0 bridgehead atoms. The third-order valence-corrected chi connectivity index (χ3v) is 8.31. The van der Waals surface area contributed by atoms with E-state index in [1.165, 1.54) is 0 Å². The van der Waals surface area contributed by atoms with Gasteiger partial charge in [-0.15, -0.1) is 0 Å². The van der Waals surface area contributed by atoms with Crippen LogP contribution in [-0.4, -0.2) is 54.9 Å². The number of aromatic amines is 2. The average Bonchev–Trinajstić information content (AvgIpc) is 3.68. The lowest BCUT2D eigenvalue weighted by Crippen LogP contribution is -2.35. The number of aromatic nitrogens is 6. The van der Waals surface area contributed by atoms with E-state index < -0.39 is 0 Å². The van der Waals surface area contributed by atoms with E-state index >= 15 is 0 Å². The number of hydrogen-bond donors (Lipinski definition) is 4. The Morgan fingerprint density at radius 2 is 1.91 bits per heavy atom. The minimum absolute atomic E-state index is 0.0589. The lowest BCUT2D eigenvalue weighted by atomic mass is 10.1. The Kier molecular flexibility index (Phi) is 7.01. The van der Waals surface area contributed by atoms with E-state index in [2.05, 4.69) is 36.9 Å². The Labute approximate surface area is 268 Å². The number of nitrogens with zero attached hydrogens (tertiary/aromatic N) is 4. The minimum atomic E-state index is -0.294. The van der Waals surface area contributed by atoms with Crippen LogP contribution in [-0.2, 0) is 17.8 Å². The van der Waals surface area contributed by atoms with Crippen molar-refractivity contribution in [2.24, 2.45) is 0 Å². The van der Waals surface area contributed by atoms with Crippen molar-refractivity contribution in [3.8, 4) is 28.4 Å². The third-order valence-electron chi connectivity index (χ3n) is 8.31. The lowest BCUT2D eigenvalue weighted by Gasteiger charge is -2.26. The predicted octanol–water partition coefficient (Wildman–Crippen LogP) is 4.51. The number of amides is 1. The van der Waals surface area contributed by atoms with Crippen LogP contribution in [0.2, 0.25) is 0 Å². The van der Waals surface area contributed by atoms with Gasteiger partial charge in [0.2, 0.25) is 11.9 Å². The maximum atomic E-state index is 12.8. The van der Waals surface area contributed by atoms with Crippen molar-refractivity contribution in [2.45, 2.75) is 26.0 Å². The number of nitrogens with one attached hydrogen (secondary N) is 4. The number of benzene rings is 3. The molecule has 1 atom stereocenters. The highest BCUT2D eigenvalue weighted by Crippen LogP contribution is 2.31. The number of aryl methyl sites for hydroxylation is 1. The maximum absolute atomic E-state index is 12.8. The minimum Gasteiger partial charge on any atom is -0.486 e. The Hall–Kier alpha value is -6.17. The molecule has 12 nitrogen and oxygen atoms in total. The summed E-state index contributed by atoms with van der Waals surface area (Å²) >= 11 is 0. The summed E-state index contributed by atoms with van der Waals surface area (Å²) in [5, 5.41) is 14.7. The number of anilines is 1. The third kappa shape index (κ3) is 5.50. The number of fused-ring (bicyclic) bond motifs is 5. The number of ether oxygens (including phenoxy) is 2. The predicted molar refractivity (Wildman–Crippen MR) is 177 cm³/mol. The van der Waals surface area contributed by atoms with E-state index in [9.17, 15) is 9.59 Å². The van der Waals surface area contributed by atoms with Crippen molar-refractivity contribution in [1.82, 2.24) is 35.0 Å². The molecule has 0 aliphatic carbocycles. The number of pyridine rings is 1. The second-order valence-electron chi connectivity index (χ2n) is 11.6. The Balaban J connectivity index is 1.00. The highest BCUT2D eigenvalue weighted by atomic mass is 16.6. The molecule has 0 fully saturated rings. The summed E-state index contributed by atoms with van der Waals surface area (Å²) in [5.41, 5.74) is 6.06. The van der Waals surface area contributed by atoms with E-state index in [4.69, 9.17) is 14.5 Å². The summed E-state index contributed by atoms with van der Waals surface area (Å²) in [7, 11) is 0. The summed E-state index contributed by atoms with van der Waals surface area (Å²) in [4.78, 5) is 38.0. The molecule has 2 aromatic heterocycles. The van der Waals surface area contributed by atoms with Crippen LogP contribution in [0.5, 0.6) is 11.5 Å². The van der Waals surface area contributed by atoms with E-state index in [-0.39, 0.29) is 24.0 Å². The van der Waals surface area contributed by atoms with Crippen molar-refractivity contribution in [2.75, 3.05) is 18.5 Å². The number of para-hydroxylation sites is 2. The topological polar surface area (TPSA) is 152 Å². The molecule has 1 amide bonds. The fourth-order valence-electron chi connectivity index (χ4n) is 5.87. The molecule has 0 saturated heterocycles. The van der Waals surface area contributed by atoms with Crippen molar-refractivity contribution in [3.63, 3.8) is 0 Å². The van der Waals surface area contributed by atoms with E-state index in [1.54, 1.807) is 12.4 Å². The molecule has 47 heavy (non-hydrogen) atoms. The molecule has 3 aliphatic heterocycles. The molecule has 0 saturated carbocycles. The zero-order valence-electron chi connectivity index (χ0n) is 25.4. The summed E-state index contributed by atoms with van der Waals surface area (Å²) < 4.78 is 13.7. The zero-order chi connectivity index (χ0) is 31.9. The first-order valence-electron chi connectivity index (χ1n) is 15.3. The largest absolute Gasteiger partial charge is 0.486 e. The van der Waals surface area contributed by atoms with Gasteiger partial charge < -0.3 is 29.7 Å². The number of carbonyl (C=O) groups excluding carboxylic acids is 1. The SMILES string of the molecule is Cc1ccc2[nH]cc(CC(=O)NCc3ccc(-n4cc5c(=O)[nH]nc-5c5cnc(NCC6COc7ccccc7O6)nc54)cc3)c2c1. The van der Waals surface area contributed by atoms with Gasteiger partial charge in [-0.3, -0.25) is 9.59 Å². The highest BCUT2D eigenvalue weighted by Gasteiger charge is 2.22. The number of carbonyl (C=O) groups is 1. The molecule has 5 heterocycles. The van der Waals surface area contributed by atoms with Crippen LogP contribution < -0.4 is 25.7 Å². The zero-order valence-corrected chi connectivity index (χ0v) is 25.4. The van der Waals surface area contributed by atoms with Gasteiger partial charge in [-0.2, -0.15) is 10.1 Å². The summed E-state index contributed by atoms with van der Waals surface area (Å²) in [6, 6.07) is 21.5. The molecule has 4 N–H and O–H groups in total. The van der Waals surface area contributed by atoms with Gasteiger partial charge in [-0.1, -0.05) is 35.9 Å². The molecule has 1 unspecified atom stereocenters. The van der Waals surface area contributed by atoms with E-state index in [0.717, 1.165) is 39.0 Å². The van der Waals surface area contributed by atoms with Crippen molar-refractivity contribution in [3.05, 3.63) is 112 Å². The van der Waals surface area contributed by atoms with Crippen LogP contribution in [0.4, 0.5) is 5.95 Å². The summed E-state index contributed by atoms with van der Waals surface area (Å²) in [5.74, 6) is 1.76. The molecule has 12 heteroatoms. The molecule has 0 radical (unpaired) electrons. The molecule has 3 aromatic carbocycles. The van der Waals surface area contributed by atoms with Gasteiger partial charge in [-0.25, -0.2) is 10.1 Å². The second-order valence-corrected chi connectivity index (χ2v) is 11.6. The summed E-state index contributed by atoms with van der Waals surface area (Å²) in [6.07, 6.45) is 5.35. The molecule has 8 rings (SSSR count). The van der Waals surface area contributed by atoms with E-state index in [1.807, 2.05) is 78.4 Å². The van der Waals surface area contributed by atoms with Gasteiger partial charge in [0.05, 0.1) is 23.9 Å². The smallest absolute Gasteiger partial charge is 0.275 e. The molecule has 0 spiro atoms. The Morgan fingerprint density at radius 1 is 1.06 bits per heavy atom. The van der Waals surface area contributed by atoms with Crippen molar-refractivity contribution in [1.29, 1.82) is 0 Å². The number of H-pyrrole nitrogens is 2. The van der Waals surface area contributed by atoms with Crippen LogP contribution in [0.1, 0.15) is 16.7 Å². The quantitative estimate of drug-likeness (QED) is 0.192. The van der Waals surface area contributed by atoms with Gasteiger partial charge in [0.1, 0.15) is 18.4 Å². The van der Waals surface area contributed by atoms with Gasteiger partial charge in [-0.05, 0) is 54.4 Å². The highest BCUT2D eigenvalue weighted by molar-refractivity contribution is 5.92. The molecule has 3 aliphatic rings. The van der Waals surface area contributed by atoms with Crippen LogP contribution in [0.15, 0.2) is 90.1 Å². The molecular weight excluding hydrogens is 596 g/mol. The van der Waals surface area contributed by atoms with Crippen LogP contribution in [0.25, 0.3) is 38.9 Å². The van der Waals surface area contributed by atoms with Gasteiger partial charge in [0, 0.05) is 41.7 Å². The fourth-order valence-corrected chi connectivity index (χ4v) is 5.87. The van der Waals surface area contributed by atoms with Crippen LogP contribution >= 0.6 is 0 Å². The first-order chi connectivity index (χ1) is 23.0. The molecular formula is C35H30N8O4. The number of rotatable bonds is 8. The first kappa shape index (κ1) is 28.3. The normalized spacial score (nSPS) is 14.1. The summed E-state index contributed by atoms with van der Waals surface area (Å²) in [6.45, 7) is 3.24. The lowest BCUT2D eigenvalue weighted by molar-refractivity contribution is -0.120. The van der Waals surface area contributed by atoms with Gasteiger partial charge in [0.25, 0.3) is 5.56 Å².